The van der Waals surface area contributed by atoms with Gasteiger partial charge >= 0.3 is 0 Å². The smallest absolute Gasteiger partial charge is 0.167 e. The Balaban J connectivity index is 0.00000760. The standard InChI is InChI=1S/C32H48N2O4.2ClH/c1-7-33(8-2)23-27(31(35)25-15-19-29(37-5)20-16-25)13-11-12-14-28(24-34(9-3)10-4)32(36)26-17-21-30(38-6)22-18-26;;/h15-22,27-28H,7-14,23-24H2,1-6H3;2*1H. The molecular formula is C32H50Cl2N2O4. The molecule has 2 rings (SSSR count). The van der Waals surface area contributed by atoms with E-state index in [1.807, 2.05) is 48.5 Å². The molecule has 226 valence electrons. The van der Waals surface area contributed by atoms with Gasteiger partial charge in [0.2, 0.25) is 0 Å². The number of benzene rings is 2. The van der Waals surface area contributed by atoms with Crippen LogP contribution in [0.3, 0.4) is 0 Å². The van der Waals surface area contributed by atoms with Crippen LogP contribution in [0.4, 0.5) is 0 Å². The fourth-order valence-electron chi connectivity index (χ4n) is 4.96. The molecule has 0 radical (unpaired) electrons. The van der Waals surface area contributed by atoms with Crippen LogP contribution in [0.5, 0.6) is 11.5 Å². The van der Waals surface area contributed by atoms with Crippen LogP contribution in [0.1, 0.15) is 74.1 Å². The van der Waals surface area contributed by atoms with E-state index in [2.05, 4.69) is 37.5 Å². The van der Waals surface area contributed by atoms with E-state index in [0.29, 0.717) is 0 Å². The summed E-state index contributed by atoms with van der Waals surface area (Å²) in [7, 11) is 3.26. The molecule has 40 heavy (non-hydrogen) atoms. The minimum absolute atomic E-state index is 0. The van der Waals surface area contributed by atoms with Crippen molar-refractivity contribution in [3.05, 3.63) is 59.7 Å². The molecule has 0 fully saturated rings. The lowest BCUT2D eigenvalue weighted by atomic mass is 9.88. The van der Waals surface area contributed by atoms with Crippen molar-refractivity contribution < 1.29 is 19.1 Å². The number of Topliss-reactive ketones (excluding diaryl/α,β-unsaturated/α-hetero) is 2. The zero-order chi connectivity index (χ0) is 27.9. The van der Waals surface area contributed by atoms with Crippen LogP contribution in [0.2, 0.25) is 0 Å². The van der Waals surface area contributed by atoms with Gasteiger partial charge < -0.3 is 19.3 Å². The largest absolute Gasteiger partial charge is 0.497 e. The average Bonchev–Trinajstić information content (AvgIpc) is 2.97. The molecule has 0 saturated heterocycles. The van der Waals surface area contributed by atoms with Gasteiger partial charge in [-0.25, -0.2) is 0 Å². The van der Waals surface area contributed by atoms with Crippen molar-refractivity contribution in [1.29, 1.82) is 0 Å². The second-order valence-electron chi connectivity index (χ2n) is 9.84. The van der Waals surface area contributed by atoms with Gasteiger partial charge in [-0.3, -0.25) is 9.59 Å². The monoisotopic (exact) mass is 596 g/mol. The zero-order valence-corrected chi connectivity index (χ0v) is 26.8. The Morgan fingerprint density at radius 1 is 0.600 bits per heavy atom. The van der Waals surface area contributed by atoms with Gasteiger partial charge in [-0.1, -0.05) is 40.5 Å². The minimum atomic E-state index is -0.0678. The molecule has 0 aliphatic carbocycles. The minimum Gasteiger partial charge on any atom is -0.497 e. The van der Waals surface area contributed by atoms with Crippen LogP contribution in [0.25, 0.3) is 0 Å². The molecule has 2 aromatic carbocycles. The first-order valence-corrected chi connectivity index (χ1v) is 14.2. The van der Waals surface area contributed by atoms with Crippen LogP contribution in [-0.4, -0.2) is 74.9 Å². The van der Waals surface area contributed by atoms with Crippen LogP contribution >= 0.6 is 24.8 Å². The highest BCUT2D eigenvalue weighted by Gasteiger charge is 2.24. The highest BCUT2D eigenvalue weighted by Crippen LogP contribution is 2.23. The summed E-state index contributed by atoms with van der Waals surface area (Å²) in [5, 5.41) is 0. The third-order valence-corrected chi connectivity index (χ3v) is 7.59. The Kier molecular flexibility index (Phi) is 19.6. The molecule has 2 unspecified atom stereocenters. The molecule has 0 aliphatic heterocycles. The van der Waals surface area contributed by atoms with E-state index in [-0.39, 0.29) is 48.2 Å². The van der Waals surface area contributed by atoms with E-state index in [1.54, 1.807) is 14.2 Å². The van der Waals surface area contributed by atoms with Gasteiger partial charge in [0.05, 0.1) is 14.2 Å². The van der Waals surface area contributed by atoms with Gasteiger partial charge in [0.1, 0.15) is 11.5 Å². The molecule has 0 aliphatic rings. The Morgan fingerprint density at radius 3 is 1.15 bits per heavy atom. The van der Waals surface area contributed by atoms with Crippen molar-refractivity contribution in [3.63, 3.8) is 0 Å². The zero-order valence-electron chi connectivity index (χ0n) is 25.2. The van der Waals surface area contributed by atoms with Gasteiger partial charge in [0.25, 0.3) is 0 Å². The first-order chi connectivity index (χ1) is 18.4. The van der Waals surface area contributed by atoms with Gasteiger partial charge in [-0.2, -0.15) is 0 Å². The maximum Gasteiger partial charge on any atom is 0.167 e. The third kappa shape index (κ3) is 11.8. The Morgan fingerprint density at radius 2 is 0.900 bits per heavy atom. The fourth-order valence-corrected chi connectivity index (χ4v) is 4.96. The normalized spacial score (nSPS) is 12.3. The van der Waals surface area contributed by atoms with Gasteiger partial charge in [-0.05, 0) is 87.6 Å². The van der Waals surface area contributed by atoms with Crippen LogP contribution < -0.4 is 9.47 Å². The highest BCUT2D eigenvalue weighted by molar-refractivity contribution is 5.98. The van der Waals surface area contributed by atoms with Crippen molar-refractivity contribution in [2.75, 3.05) is 53.5 Å². The van der Waals surface area contributed by atoms with Crippen molar-refractivity contribution in [2.24, 2.45) is 11.8 Å². The van der Waals surface area contributed by atoms with Crippen LogP contribution in [0.15, 0.2) is 48.5 Å². The number of unbranched alkanes of at least 4 members (excludes halogenated alkanes) is 1. The molecule has 2 aromatic rings. The third-order valence-electron chi connectivity index (χ3n) is 7.59. The summed E-state index contributed by atoms with van der Waals surface area (Å²) in [4.78, 5) is 31.6. The molecule has 0 N–H and O–H groups in total. The first kappa shape index (κ1) is 37.9. The molecule has 0 amide bonds. The number of carbonyl (C=O) groups is 2. The van der Waals surface area contributed by atoms with Crippen LogP contribution in [0, 0.1) is 11.8 Å². The summed E-state index contributed by atoms with van der Waals surface area (Å²) >= 11 is 0. The number of carbonyl (C=O) groups excluding carboxylic acids is 2. The molecule has 0 bridgehead atoms. The summed E-state index contributed by atoms with van der Waals surface area (Å²) in [5.74, 6) is 1.75. The lowest BCUT2D eigenvalue weighted by Crippen LogP contribution is -2.34. The molecular weight excluding hydrogens is 547 g/mol. The summed E-state index contributed by atoms with van der Waals surface area (Å²) in [6, 6.07) is 14.9. The van der Waals surface area contributed by atoms with E-state index in [0.717, 1.165) is 87.6 Å². The Hall–Kier alpha value is -2.12. The Bertz CT molecular complexity index is 882. The maximum atomic E-state index is 13.5. The maximum absolute atomic E-state index is 13.5. The topological polar surface area (TPSA) is 59.1 Å². The predicted molar refractivity (Wildman–Crippen MR) is 170 cm³/mol. The summed E-state index contributed by atoms with van der Waals surface area (Å²) in [5.41, 5.74) is 1.47. The van der Waals surface area contributed by atoms with Crippen molar-refractivity contribution in [3.8, 4) is 11.5 Å². The van der Waals surface area contributed by atoms with Gasteiger partial charge in [-0.15, -0.1) is 24.8 Å². The summed E-state index contributed by atoms with van der Waals surface area (Å²) in [6.07, 6.45) is 3.46. The number of nitrogens with zero attached hydrogens (tertiary/aromatic N) is 2. The van der Waals surface area contributed by atoms with E-state index in [1.165, 1.54) is 0 Å². The summed E-state index contributed by atoms with van der Waals surface area (Å²) in [6.45, 7) is 13.8. The number of ketones is 2. The molecule has 0 aromatic heterocycles. The number of halogens is 2. The quantitative estimate of drug-likeness (QED) is 0.127. The fraction of sp³-hybridized carbons (Fsp3) is 0.562. The molecule has 2 atom stereocenters. The van der Waals surface area contributed by atoms with E-state index >= 15 is 0 Å². The molecule has 0 spiro atoms. The second kappa shape index (κ2) is 20.7. The number of rotatable bonds is 19. The predicted octanol–water partition coefficient (Wildman–Crippen LogP) is 7.09. The van der Waals surface area contributed by atoms with E-state index in [4.69, 9.17) is 9.47 Å². The number of hydrogen-bond donors (Lipinski definition) is 0. The summed E-state index contributed by atoms with van der Waals surface area (Å²) < 4.78 is 10.5. The molecule has 0 heterocycles. The molecule has 0 saturated carbocycles. The Labute approximate surface area is 254 Å². The second-order valence-corrected chi connectivity index (χ2v) is 9.84. The SMILES string of the molecule is CCN(CC)CC(CCCCC(CN(CC)CC)C(=O)c1ccc(OC)cc1)C(=O)c1ccc(OC)cc1.Cl.Cl. The number of methoxy groups -OCH3 is 2. The number of hydrogen-bond acceptors (Lipinski definition) is 6. The van der Waals surface area contributed by atoms with E-state index < -0.39 is 0 Å². The number of ether oxygens (including phenoxy) is 2. The molecule has 8 heteroatoms. The average molecular weight is 598 g/mol. The molecule has 6 nitrogen and oxygen atoms in total. The van der Waals surface area contributed by atoms with Crippen molar-refractivity contribution in [1.82, 2.24) is 9.80 Å². The van der Waals surface area contributed by atoms with Crippen LogP contribution in [-0.2, 0) is 0 Å². The van der Waals surface area contributed by atoms with E-state index in [9.17, 15) is 9.59 Å². The highest BCUT2D eigenvalue weighted by atomic mass is 35.5. The lowest BCUT2D eigenvalue weighted by Gasteiger charge is -2.26. The van der Waals surface area contributed by atoms with Gasteiger partial charge in [0.15, 0.2) is 11.6 Å². The first-order valence-electron chi connectivity index (χ1n) is 14.2. The van der Waals surface area contributed by atoms with Gasteiger partial charge in [0, 0.05) is 36.1 Å². The lowest BCUT2D eigenvalue weighted by molar-refractivity contribution is 0.0852. The van der Waals surface area contributed by atoms with Crippen molar-refractivity contribution in [2.45, 2.75) is 53.4 Å². The van der Waals surface area contributed by atoms with Crippen molar-refractivity contribution >= 4 is 36.4 Å².